The van der Waals surface area contributed by atoms with E-state index in [0.29, 0.717) is 43.9 Å². The molecule has 31 heavy (non-hydrogen) atoms. The summed E-state index contributed by atoms with van der Waals surface area (Å²) in [6.45, 7) is 2.69. The molecule has 2 fully saturated rings. The molecule has 0 unspecified atom stereocenters. The molecule has 1 aromatic carbocycles. The molecule has 0 radical (unpaired) electrons. The maximum absolute atomic E-state index is 14.2. The fourth-order valence-corrected chi connectivity index (χ4v) is 5.47. The summed E-state index contributed by atoms with van der Waals surface area (Å²) < 4.78 is 44.8. The molecular weight excluding hydrogens is 447 g/mol. The van der Waals surface area contributed by atoms with Crippen LogP contribution in [0.2, 0.25) is 5.02 Å². The molecule has 10 heteroatoms. The number of nitrogens with one attached hydrogen (secondary N) is 1. The van der Waals surface area contributed by atoms with Crippen LogP contribution in [0.4, 0.5) is 9.18 Å². The number of ether oxygens (including phenoxy) is 1. The zero-order valence-corrected chi connectivity index (χ0v) is 19.1. The summed E-state index contributed by atoms with van der Waals surface area (Å²) in [6.07, 6.45) is 3.88. The van der Waals surface area contributed by atoms with Crippen LogP contribution in [0.3, 0.4) is 0 Å². The first-order chi connectivity index (χ1) is 14.6. The van der Waals surface area contributed by atoms with Crippen molar-refractivity contribution in [2.45, 2.75) is 44.9 Å². The summed E-state index contributed by atoms with van der Waals surface area (Å²) >= 11 is 6.00. The highest BCUT2D eigenvalue weighted by molar-refractivity contribution is 7.91. The van der Waals surface area contributed by atoms with E-state index in [2.05, 4.69) is 5.32 Å². The molecule has 1 N–H and O–H groups in total. The van der Waals surface area contributed by atoms with Crippen molar-refractivity contribution in [3.63, 3.8) is 0 Å². The van der Waals surface area contributed by atoms with Gasteiger partial charge in [-0.15, -0.1) is 0 Å². The highest BCUT2D eigenvalue weighted by atomic mass is 35.5. The Morgan fingerprint density at radius 1 is 1.26 bits per heavy atom. The zero-order chi connectivity index (χ0) is 22.6. The molecule has 3 rings (SSSR count). The number of hydrogen-bond acceptors (Lipinski definition) is 5. The van der Waals surface area contributed by atoms with Gasteiger partial charge in [-0.2, -0.15) is 0 Å². The number of carbonyl (C=O) groups is 2. The van der Waals surface area contributed by atoms with Gasteiger partial charge in [0.05, 0.1) is 23.1 Å². The summed E-state index contributed by atoms with van der Waals surface area (Å²) in [5, 5.41) is 2.13. The summed E-state index contributed by atoms with van der Waals surface area (Å²) in [7, 11) is -3.32. The van der Waals surface area contributed by atoms with Gasteiger partial charge in [0, 0.05) is 6.54 Å². The number of unbranched alkanes of at least 4 members (excludes halogenated alkanes) is 2. The Kier molecular flexibility index (Phi) is 7.80. The molecule has 1 aliphatic carbocycles. The van der Waals surface area contributed by atoms with Gasteiger partial charge in [-0.25, -0.2) is 17.6 Å². The Hall–Kier alpha value is -1.87. The van der Waals surface area contributed by atoms with Crippen LogP contribution in [0, 0.1) is 11.7 Å². The number of nitrogens with zero attached hydrogens (tertiary/aromatic N) is 1. The second-order valence-electron chi connectivity index (χ2n) is 8.42. The first-order valence-corrected chi connectivity index (χ1v) is 12.8. The van der Waals surface area contributed by atoms with Crippen LogP contribution >= 0.6 is 11.6 Å². The molecule has 3 amide bonds. The SMILES string of the molecule is C[C@@H](CS(=O)(=O)CCCCCN1CC(=O)NC1=O)c1cc(Cl)c(F)c(OCC2CC2)c1. The Morgan fingerprint density at radius 2 is 2.00 bits per heavy atom. The minimum atomic E-state index is -3.32. The van der Waals surface area contributed by atoms with Gasteiger partial charge < -0.3 is 9.64 Å². The third kappa shape index (κ3) is 7.07. The van der Waals surface area contributed by atoms with E-state index in [1.165, 1.54) is 11.0 Å². The van der Waals surface area contributed by atoms with E-state index in [1.807, 2.05) is 0 Å². The lowest BCUT2D eigenvalue weighted by molar-refractivity contribution is -0.118. The first kappa shape index (κ1) is 23.8. The van der Waals surface area contributed by atoms with Gasteiger partial charge in [-0.05, 0) is 55.2 Å². The van der Waals surface area contributed by atoms with Crippen LogP contribution in [-0.2, 0) is 14.6 Å². The van der Waals surface area contributed by atoms with E-state index < -0.39 is 21.7 Å². The highest BCUT2D eigenvalue weighted by Gasteiger charge is 2.26. The predicted molar refractivity (Wildman–Crippen MR) is 116 cm³/mol. The van der Waals surface area contributed by atoms with Crippen molar-refractivity contribution < 1.29 is 27.1 Å². The van der Waals surface area contributed by atoms with Crippen molar-refractivity contribution >= 4 is 33.4 Å². The molecule has 1 atom stereocenters. The van der Waals surface area contributed by atoms with E-state index in [9.17, 15) is 22.4 Å². The summed E-state index contributed by atoms with van der Waals surface area (Å²) in [4.78, 5) is 24.0. The molecule has 0 bridgehead atoms. The van der Waals surface area contributed by atoms with E-state index in [0.717, 1.165) is 12.8 Å². The summed E-state index contributed by atoms with van der Waals surface area (Å²) in [5.41, 5.74) is 0.630. The normalized spacial score (nSPS) is 17.7. The Balaban J connectivity index is 1.46. The van der Waals surface area contributed by atoms with Crippen LogP contribution in [0.1, 0.15) is 50.5 Å². The van der Waals surface area contributed by atoms with Crippen molar-refractivity contribution in [3.05, 3.63) is 28.5 Å². The van der Waals surface area contributed by atoms with E-state index in [1.54, 1.807) is 13.0 Å². The van der Waals surface area contributed by atoms with Gasteiger partial charge in [-0.1, -0.05) is 24.9 Å². The third-order valence-corrected chi connectivity index (χ3v) is 7.71. The topological polar surface area (TPSA) is 92.8 Å². The largest absolute Gasteiger partial charge is 0.490 e. The molecule has 1 heterocycles. The number of urea groups is 1. The van der Waals surface area contributed by atoms with Gasteiger partial charge in [0.25, 0.3) is 0 Å². The van der Waals surface area contributed by atoms with Crippen LogP contribution in [0.5, 0.6) is 5.75 Å². The highest BCUT2D eigenvalue weighted by Crippen LogP contribution is 2.34. The van der Waals surface area contributed by atoms with Gasteiger partial charge >= 0.3 is 6.03 Å². The number of rotatable bonds is 12. The molecule has 0 spiro atoms. The minimum Gasteiger partial charge on any atom is -0.490 e. The number of amides is 3. The van der Waals surface area contributed by atoms with E-state index in [-0.39, 0.29) is 40.6 Å². The number of halogens is 2. The smallest absolute Gasteiger partial charge is 0.324 e. The molecule has 1 aromatic rings. The summed E-state index contributed by atoms with van der Waals surface area (Å²) in [5.74, 6) is -0.797. The molecule has 7 nitrogen and oxygen atoms in total. The van der Waals surface area contributed by atoms with Crippen LogP contribution in [0.15, 0.2) is 12.1 Å². The monoisotopic (exact) mass is 474 g/mol. The first-order valence-electron chi connectivity index (χ1n) is 10.6. The molecule has 2 aliphatic rings. The maximum atomic E-state index is 14.2. The van der Waals surface area contributed by atoms with Gasteiger partial charge in [-0.3, -0.25) is 10.1 Å². The van der Waals surface area contributed by atoms with Crippen molar-refractivity contribution in [2.75, 3.05) is 31.2 Å². The van der Waals surface area contributed by atoms with Crippen molar-refractivity contribution in [2.24, 2.45) is 5.92 Å². The lowest BCUT2D eigenvalue weighted by atomic mass is 10.0. The third-order valence-electron chi connectivity index (χ3n) is 5.51. The lowest BCUT2D eigenvalue weighted by Gasteiger charge is -2.16. The number of hydrogen-bond donors (Lipinski definition) is 1. The molecule has 1 saturated heterocycles. The predicted octanol–water partition coefficient (Wildman–Crippen LogP) is 3.51. The summed E-state index contributed by atoms with van der Waals surface area (Å²) in [6, 6.07) is 2.61. The maximum Gasteiger partial charge on any atom is 0.324 e. The molecule has 1 saturated carbocycles. The molecule has 172 valence electrons. The van der Waals surface area contributed by atoms with Gasteiger partial charge in [0.2, 0.25) is 5.91 Å². The van der Waals surface area contributed by atoms with Crippen molar-refractivity contribution in [1.82, 2.24) is 10.2 Å². The van der Waals surface area contributed by atoms with Crippen molar-refractivity contribution in [3.8, 4) is 5.75 Å². The fraction of sp³-hybridized carbons (Fsp3) is 0.619. The Bertz CT molecular complexity index is 936. The second-order valence-corrected chi connectivity index (χ2v) is 11.1. The van der Waals surface area contributed by atoms with Crippen LogP contribution in [0.25, 0.3) is 0 Å². The zero-order valence-electron chi connectivity index (χ0n) is 17.5. The average molecular weight is 475 g/mol. The van der Waals surface area contributed by atoms with E-state index >= 15 is 0 Å². The number of imide groups is 1. The molecule has 0 aromatic heterocycles. The standard InChI is InChI=1S/C21H28ClFN2O5S/c1-14(16-9-17(22)20(23)18(10-16)30-12-15-5-6-15)13-31(28,29)8-4-2-3-7-25-11-19(26)24-21(25)27/h9-10,14-15H,2-8,11-13H2,1H3,(H,24,26,27)/t14-/m0/s1. The van der Waals surface area contributed by atoms with Crippen LogP contribution < -0.4 is 10.1 Å². The molecule has 1 aliphatic heterocycles. The quantitative estimate of drug-likeness (QED) is 0.369. The number of benzene rings is 1. The molecular formula is C21H28ClFN2O5S. The van der Waals surface area contributed by atoms with Gasteiger partial charge in [0.1, 0.15) is 6.54 Å². The fourth-order valence-electron chi connectivity index (χ4n) is 3.49. The van der Waals surface area contributed by atoms with Crippen LogP contribution in [-0.4, -0.2) is 56.5 Å². The average Bonchev–Trinajstić information content (AvgIpc) is 3.46. The van der Waals surface area contributed by atoms with Crippen molar-refractivity contribution in [1.29, 1.82) is 0 Å². The Morgan fingerprint density at radius 3 is 2.65 bits per heavy atom. The Labute approximate surface area is 187 Å². The lowest BCUT2D eigenvalue weighted by Crippen LogP contribution is -2.29. The van der Waals surface area contributed by atoms with Gasteiger partial charge in [0.15, 0.2) is 21.4 Å². The number of carbonyl (C=O) groups excluding carboxylic acids is 2. The minimum absolute atomic E-state index is 0.0302. The van der Waals surface area contributed by atoms with E-state index in [4.69, 9.17) is 16.3 Å². The number of sulfone groups is 1. The second kappa shape index (κ2) is 10.2.